The molecule has 14 heavy (non-hydrogen) atoms. The van der Waals surface area contributed by atoms with E-state index in [1.165, 1.54) is 0 Å². The quantitative estimate of drug-likeness (QED) is 0.615. The van der Waals surface area contributed by atoms with E-state index in [0.29, 0.717) is 0 Å². The maximum atomic E-state index is 12.1. The Kier molecular flexibility index (Phi) is 3.87. The van der Waals surface area contributed by atoms with Crippen molar-refractivity contribution in [1.82, 2.24) is 0 Å². The maximum absolute atomic E-state index is 12.1. The molecule has 0 aromatic heterocycles. The van der Waals surface area contributed by atoms with Crippen molar-refractivity contribution in [2.45, 2.75) is 18.6 Å². The van der Waals surface area contributed by atoms with Crippen molar-refractivity contribution < 1.29 is 33.0 Å². The lowest BCUT2D eigenvalue weighted by Gasteiger charge is -2.21. The SMILES string of the molecule is N[C@@H](C(=O)O)[C@H](CC(=O)O)C(F)(F)F. The van der Waals surface area contributed by atoms with E-state index in [4.69, 9.17) is 15.9 Å². The topological polar surface area (TPSA) is 101 Å². The predicted octanol–water partition coefficient (Wildman–Crippen LogP) is 0.0515. The van der Waals surface area contributed by atoms with Gasteiger partial charge in [-0.15, -0.1) is 0 Å². The molecule has 0 spiro atoms. The summed E-state index contributed by atoms with van der Waals surface area (Å²) in [4.78, 5) is 20.2. The number of nitrogens with two attached hydrogens (primary N) is 1. The van der Waals surface area contributed by atoms with Crippen LogP contribution in [-0.2, 0) is 9.59 Å². The Labute approximate surface area is 76.3 Å². The van der Waals surface area contributed by atoms with Gasteiger partial charge in [-0.25, -0.2) is 0 Å². The maximum Gasteiger partial charge on any atom is 0.394 e. The second-order valence-corrected chi connectivity index (χ2v) is 2.61. The molecule has 4 N–H and O–H groups in total. The monoisotopic (exact) mass is 215 g/mol. The van der Waals surface area contributed by atoms with E-state index < -0.39 is 36.5 Å². The molecule has 0 saturated carbocycles. The first-order valence-electron chi connectivity index (χ1n) is 3.43. The van der Waals surface area contributed by atoms with Crippen LogP contribution in [0.2, 0.25) is 0 Å². The molecule has 5 nitrogen and oxygen atoms in total. The van der Waals surface area contributed by atoms with E-state index in [-0.39, 0.29) is 0 Å². The molecule has 2 atom stereocenters. The lowest BCUT2D eigenvalue weighted by Crippen LogP contribution is -2.46. The fourth-order valence-electron chi connectivity index (χ4n) is 0.807. The van der Waals surface area contributed by atoms with Gasteiger partial charge in [0.1, 0.15) is 6.04 Å². The molecule has 0 bridgehead atoms. The van der Waals surface area contributed by atoms with E-state index in [0.717, 1.165) is 0 Å². The molecule has 0 aromatic carbocycles. The molecule has 0 heterocycles. The van der Waals surface area contributed by atoms with Gasteiger partial charge in [0.05, 0.1) is 12.3 Å². The number of carboxylic acids is 2. The van der Waals surface area contributed by atoms with Gasteiger partial charge in [0.2, 0.25) is 0 Å². The Morgan fingerprint density at radius 3 is 1.93 bits per heavy atom. The van der Waals surface area contributed by atoms with Crippen LogP contribution >= 0.6 is 0 Å². The molecular formula is C6H8F3NO4. The van der Waals surface area contributed by atoms with E-state index in [1.54, 1.807) is 0 Å². The minimum absolute atomic E-state index is 1.35. The summed E-state index contributed by atoms with van der Waals surface area (Å²) in [5.41, 5.74) is 4.71. The fourth-order valence-corrected chi connectivity index (χ4v) is 0.807. The van der Waals surface area contributed by atoms with Gasteiger partial charge in [-0.2, -0.15) is 13.2 Å². The summed E-state index contributed by atoms with van der Waals surface area (Å²) in [5.74, 6) is -6.20. The smallest absolute Gasteiger partial charge is 0.394 e. The minimum Gasteiger partial charge on any atom is -0.481 e. The van der Waals surface area contributed by atoms with Gasteiger partial charge in [-0.3, -0.25) is 9.59 Å². The molecular weight excluding hydrogens is 207 g/mol. The molecule has 0 aliphatic heterocycles. The molecule has 0 aliphatic rings. The van der Waals surface area contributed by atoms with E-state index in [1.807, 2.05) is 0 Å². The average Bonchev–Trinajstić information content (AvgIpc) is 1.96. The number of carboxylic acid groups (broad SMARTS) is 2. The lowest BCUT2D eigenvalue weighted by molar-refractivity contribution is -0.192. The van der Waals surface area contributed by atoms with Crippen LogP contribution < -0.4 is 5.73 Å². The van der Waals surface area contributed by atoms with Gasteiger partial charge >= 0.3 is 18.1 Å². The number of hydrogen-bond donors (Lipinski definition) is 3. The first-order chi connectivity index (χ1) is 6.16. The van der Waals surface area contributed by atoms with Crippen LogP contribution in [0.4, 0.5) is 13.2 Å². The van der Waals surface area contributed by atoms with Crippen LogP contribution in [-0.4, -0.2) is 34.4 Å². The first kappa shape index (κ1) is 12.7. The fraction of sp³-hybridized carbons (Fsp3) is 0.667. The average molecular weight is 215 g/mol. The predicted molar refractivity (Wildman–Crippen MR) is 37.4 cm³/mol. The molecule has 0 fully saturated rings. The highest BCUT2D eigenvalue weighted by Crippen LogP contribution is 2.30. The van der Waals surface area contributed by atoms with Crippen LogP contribution in [0.25, 0.3) is 0 Å². The lowest BCUT2D eigenvalue weighted by atomic mass is 9.96. The molecule has 82 valence electrons. The molecule has 0 radical (unpaired) electrons. The summed E-state index contributed by atoms with van der Waals surface area (Å²) < 4.78 is 36.3. The summed E-state index contributed by atoms with van der Waals surface area (Å²) in [6, 6.07) is -2.26. The van der Waals surface area contributed by atoms with Gasteiger partial charge in [0, 0.05) is 0 Å². The van der Waals surface area contributed by atoms with Gasteiger partial charge < -0.3 is 15.9 Å². The van der Waals surface area contributed by atoms with Gasteiger partial charge in [-0.05, 0) is 0 Å². The summed E-state index contributed by atoms with van der Waals surface area (Å²) in [6.07, 6.45) is -6.28. The Morgan fingerprint density at radius 1 is 1.29 bits per heavy atom. The molecule has 0 aromatic rings. The van der Waals surface area contributed by atoms with Crippen LogP contribution in [0.15, 0.2) is 0 Å². The molecule has 0 saturated heterocycles. The Balaban J connectivity index is 4.73. The van der Waals surface area contributed by atoms with Crippen molar-refractivity contribution in [1.29, 1.82) is 0 Å². The summed E-state index contributed by atoms with van der Waals surface area (Å²) in [5, 5.41) is 16.3. The van der Waals surface area contributed by atoms with E-state index in [9.17, 15) is 22.8 Å². The van der Waals surface area contributed by atoms with Crippen molar-refractivity contribution in [3.63, 3.8) is 0 Å². The van der Waals surface area contributed by atoms with Crippen molar-refractivity contribution in [2.75, 3.05) is 0 Å². The summed E-state index contributed by atoms with van der Waals surface area (Å²) in [6.45, 7) is 0. The minimum atomic E-state index is -4.93. The molecule has 0 aliphatic carbocycles. The normalized spacial score (nSPS) is 16.0. The van der Waals surface area contributed by atoms with Crippen LogP contribution in [0.3, 0.4) is 0 Å². The number of halogens is 3. The highest BCUT2D eigenvalue weighted by Gasteiger charge is 2.47. The zero-order valence-corrected chi connectivity index (χ0v) is 6.78. The van der Waals surface area contributed by atoms with Crippen LogP contribution in [0.1, 0.15) is 6.42 Å². The zero-order valence-electron chi connectivity index (χ0n) is 6.78. The third-order valence-electron chi connectivity index (χ3n) is 1.53. The summed E-state index contributed by atoms with van der Waals surface area (Å²) >= 11 is 0. The number of rotatable bonds is 4. The van der Waals surface area contributed by atoms with Gasteiger partial charge in [-0.1, -0.05) is 0 Å². The van der Waals surface area contributed by atoms with Crippen LogP contribution in [0, 0.1) is 5.92 Å². The molecule has 0 rings (SSSR count). The third-order valence-corrected chi connectivity index (χ3v) is 1.53. The first-order valence-corrected chi connectivity index (χ1v) is 3.43. The number of alkyl halides is 3. The van der Waals surface area contributed by atoms with E-state index >= 15 is 0 Å². The Hall–Kier alpha value is -1.31. The number of aliphatic carboxylic acids is 2. The Bertz CT molecular complexity index is 240. The number of hydrogen-bond acceptors (Lipinski definition) is 3. The highest BCUT2D eigenvalue weighted by atomic mass is 19.4. The van der Waals surface area contributed by atoms with Gasteiger partial charge in [0.15, 0.2) is 0 Å². The van der Waals surface area contributed by atoms with Crippen molar-refractivity contribution in [3.8, 4) is 0 Å². The second-order valence-electron chi connectivity index (χ2n) is 2.61. The van der Waals surface area contributed by atoms with Crippen molar-refractivity contribution in [2.24, 2.45) is 11.7 Å². The highest BCUT2D eigenvalue weighted by molar-refractivity contribution is 5.75. The second kappa shape index (κ2) is 4.27. The Morgan fingerprint density at radius 2 is 1.71 bits per heavy atom. The van der Waals surface area contributed by atoms with Crippen molar-refractivity contribution >= 4 is 11.9 Å². The summed E-state index contributed by atoms with van der Waals surface area (Å²) in [7, 11) is 0. The zero-order chi connectivity index (χ0) is 11.5. The largest absolute Gasteiger partial charge is 0.481 e. The van der Waals surface area contributed by atoms with Crippen molar-refractivity contribution in [3.05, 3.63) is 0 Å². The molecule has 0 amide bonds. The molecule has 8 heteroatoms. The van der Waals surface area contributed by atoms with Crippen LogP contribution in [0.5, 0.6) is 0 Å². The third kappa shape index (κ3) is 3.60. The number of carbonyl (C=O) groups is 2. The standard InChI is InChI=1S/C6H8F3NO4/c7-6(8,9)2(1-3(11)12)4(10)5(13)14/h2,4H,1,10H2,(H,11,12)(H,13,14)/t2-,4+/m0/s1. The van der Waals surface area contributed by atoms with Gasteiger partial charge in [0.25, 0.3) is 0 Å². The molecule has 0 unspecified atom stereocenters. The van der Waals surface area contributed by atoms with E-state index in [2.05, 4.69) is 0 Å².